The Bertz CT molecular complexity index is 821. The molecule has 0 saturated carbocycles. The van der Waals surface area contributed by atoms with Gasteiger partial charge < -0.3 is 10.1 Å². The van der Waals surface area contributed by atoms with Crippen molar-refractivity contribution < 1.29 is 22.3 Å². The highest BCUT2D eigenvalue weighted by atomic mass is 32.2. The number of carbonyl (C=O) groups is 1. The summed E-state index contributed by atoms with van der Waals surface area (Å²) in [5.41, 5.74) is 1.17. The Morgan fingerprint density at radius 1 is 1.08 bits per heavy atom. The zero-order valence-corrected chi connectivity index (χ0v) is 15.2. The summed E-state index contributed by atoms with van der Waals surface area (Å²) < 4.78 is 44.5. The maximum Gasteiger partial charge on any atom is 0.240 e. The summed E-state index contributed by atoms with van der Waals surface area (Å²) in [6.45, 7) is 0.758. The molecule has 0 aliphatic rings. The van der Waals surface area contributed by atoms with Gasteiger partial charge in [0.1, 0.15) is 5.82 Å². The molecule has 1 amide bonds. The molecule has 2 N–H and O–H groups in total. The number of amides is 1. The van der Waals surface area contributed by atoms with Gasteiger partial charge >= 0.3 is 0 Å². The third-order valence-corrected chi connectivity index (χ3v) is 5.02. The first kappa shape index (κ1) is 20.0. The van der Waals surface area contributed by atoms with Crippen LogP contribution in [0.5, 0.6) is 0 Å². The third kappa shape index (κ3) is 6.21. The van der Waals surface area contributed by atoms with Crippen molar-refractivity contribution in [2.75, 3.05) is 25.6 Å². The molecule has 140 valence electrons. The molecular formula is C18H21FN2O4S. The van der Waals surface area contributed by atoms with Crippen molar-refractivity contribution in [2.24, 2.45) is 0 Å². The number of carbonyl (C=O) groups excluding carboxylic acids is 1. The van der Waals surface area contributed by atoms with Gasteiger partial charge in [-0.25, -0.2) is 17.5 Å². The number of hydrogen-bond donors (Lipinski definition) is 2. The van der Waals surface area contributed by atoms with Crippen molar-refractivity contribution in [3.63, 3.8) is 0 Å². The van der Waals surface area contributed by atoms with E-state index in [0.717, 1.165) is 0 Å². The Balaban J connectivity index is 1.91. The number of nitrogens with one attached hydrogen (secondary N) is 2. The smallest absolute Gasteiger partial charge is 0.240 e. The highest BCUT2D eigenvalue weighted by molar-refractivity contribution is 7.89. The normalized spacial score (nSPS) is 11.3. The van der Waals surface area contributed by atoms with Crippen LogP contribution in [0.2, 0.25) is 0 Å². The van der Waals surface area contributed by atoms with E-state index in [4.69, 9.17) is 4.74 Å². The standard InChI is InChI=1S/C18H21FN2O4S/c1-25-12-2-11-20-26(23,24)17-9-7-16(8-10-17)21-18(22)13-14-3-5-15(19)6-4-14/h3-10,20H,2,11-13H2,1H3,(H,21,22). The molecule has 0 spiro atoms. The van der Waals surface area contributed by atoms with Gasteiger partial charge in [-0.15, -0.1) is 0 Å². The van der Waals surface area contributed by atoms with E-state index in [2.05, 4.69) is 10.0 Å². The third-order valence-electron chi connectivity index (χ3n) is 3.54. The number of methoxy groups -OCH3 is 1. The van der Waals surface area contributed by atoms with E-state index in [-0.39, 0.29) is 29.6 Å². The molecule has 0 aromatic heterocycles. The van der Waals surface area contributed by atoms with Crippen LogP contribution in [0, 0.1) is 5.82 Å². The number of halogens is 1. The minimum absolute atomic E-state index is 0.0986. The summed E-state index contributed by atoms with van der Waals surface area (Å²) in [6.07, 6.45) is 0.675. The first-order valence-electron chi connectivity index (χ1n) is 8.04. The van der Waals surface area contributed by atoms with Crippen LogP contribution in [0.1, 0.15) is 12.0 Å². The molecule has 0 saturated heterocycles. The Morgan fingerprint density at radius 2 is 1.73 bits per heavy atom. The molecule has 0 aliphatic heterocycles. The molecule has 2 aromatic carbocycles. The zero-order valence-electron chi connectivity index (χ0n) is 14.4. The molecule has 26 heavy (non-hydrogen) atoms. The highest BCUT2D eigenvalue weighted by Gasteiger charge is 2.13. The van der Waals surface area contributed by atoms with Gasteiger partial charge in [0, 0.05) is 25.9 Å². The number of sulfonamides is 1. The Kier molecular flexibility index (Phi) is 7.26. The van der Waals surface area contributed by atoms with Gasteiger partial charge in [0.25, 0.3) is 0 Å². The van der Waals surface area contributed by atoms with Crippen molar-refractivity contribution >= 4 is 21.6 Å². The SMILES string of the molecule is COCCCNS(=O)(=O)c1ccc(NC(=O)Cc2ccc(F)cc2)cc1. The maximum absolute atomic E-state index is 12.9. The van der Waals surface area contributed by atoms with Gasteiger partial charge in [-0.05, 0) is 48.4 Å². The topological polar surface area (TPSA) is 84.5 Å². The summed E-state index contributed by atoms with van der Waals surface area (Å²) in [6, 6.07) is 11.6. The summed E-state index contributed by atoms with van der Waals surface area (Å²) in [5.74, 6) is -0.633. The number of ether oxygens (including phenoxy) is 1. The molecule has 0 bridgehead atoms. The number of anilines is 1. The lowest BCUT2D eigenvalue weighted by Crippen LogP contribution is -2.25. The fourth-order valence-corrected chi connectivity index (χ4v) is 3.29. The number of hydrogen-bond acceptors (Lipinski definition) is 4. The first-order chi connectivity index (χ1) is 12.4. The van der Waals surface area contributed by atoms with Gasteiger partial charge in [-0.3, -0.25) is 4.79 Å². The van der Waals surface area contributed by atoms with Crippen LogP contribution in [-0.2, 0) is 26.0 Å². The Morgan fingerprint density at radius 3 is 2.35 bits per heavy atom. The van der Waals surface area contributed by atoms with Crippen molar-refractivity contribution in [2.45, 2.75) is 17.7 Å². The van der Waals surface area contributed by atoms with Crippen LogP contribution >= 0.6 is 0 Å². The van der Waals surface area contributed by atoms with E-state index in [0.29, 0.717) is 24.3 Å². The molecule has 6 nitrogen and oxygen atoms in total. The molecule has 0 radical (unpaired) electrons. The van der Waals surface area contributed by atoms with Crippen LogP contribution in [0.25, 0.3) is 0 Å². The lowest BCUT2D eigenvalue weighted by Gasteiger charge is -2.09. The van der Waals surface area contributed by atoms with Crippen LogP contribution in [0.3, 0.4) is 0 Å². The lowest BCUT2D eigenvalue weighted by molar-refractivity contribution is -0.115. The fourth-order valence-electron chi connectivity index (χ4n) is 2.22. The molecule has 2 rings (SSSR count). The second kappa shape index (κ2) is 9.42. The molecular weight excluding hydrogens is 359 g/mol. The quantitative estimate of drug-likeness (QED) is 0.654. The predicted octanol–water partition coefficient (Wildman–Crippen LogP) is 2.32. The summed E-state index contributed by atoms with van der Waals surface area (Å²) in [7, 11) is -2.04. The molecule has 0 heterocycles. The number of rotatable bonds is 9. The first-order valence-corrected chi connectivity index (χ1v) is 9.52. The summed E-state index contributed by atoms with van der Waals surface area (Å²) in [5, 5.41) is 2.68. The van der Waals surface area contributed by atoms with Gasteiger partial charge in [0.15, 0.2) is 0 Å². The number of benzene rings is 2. The minimum atomic E-state index is -3.59. The van der Waals surface area contributed by atoms with E-state index >= 15 is 0 Å². The van der Waals surface area contributed by atoms with Crippen molar-refractivity contribution in [1.82, 2.24) is 4.72 Å². The van der Waals surface area contributed by atoms with Crippen molar-refractivity contribution in [1.29, 1.82) is 0 Å². The van der Waals surface area contributed by atoms with E-state index in [1.165, 1.54) is 36.4 Å². The molecule has 2 aromatic rings. The molecule has 0 unspecified atom stereocenters. The van der Waals surface area contributed by atoms with Gasteiger partial charge in [-0.2, -0.15) is 0 Å². The van der Waals surface area contributed by atoms with Crippen molar-refractivity contribution in [3.05, 3.63) is 59.9 Å². The molecule has 0 fully saturated rings. The zero-order chi connectivity index (χ0) is 19.0. The fraction of sp³-hybridized carbons (Fsp3) is 0.278. The largest absolute Gasteiger partial charge is 0.385 e. The average molecular weight is 380 g/mol. The Hall–Kier alpha value is -2.29. The molecule has 0 atom stereocenters. The van der Waals surface area contributed by atoms with Crippen molar-refractivity contribution in [3.8, 4) is 0 Å². The second-order valence-electron chi connectivity index (χ2n) is 5.62. The van der Waals surface area contributed by atoms with E-state index in [1.807, 2.05) is 0 Å². The van der Waals surface area contributed by atoms with Crippen LogP contribution in [0.4, 0.5) is 10.1 Å². The summed E-state index contributed by atoms with van der Waals surface area (Å²) in [4.78, 5) is 12.1. The summed E-state index contributed by atoms with van der Waals surface area (Å²) >= 11 is 0. The van der Waals surface area contributed by atoms with Gasteiger partial charge in [-0.1, -0.05) is 12.1 Å². The molecule has 0 aliphatic carbocycles. The van der Waals surface area contributed by atoms with Crippen LogP contribution in [0.15, 0.2) is 53.4 Å². The predicted molar refractivity (Wildman–Crippen MR) is 96.9 cm³/mol. The average Bonchev–Trinajstić information content (AvgIpc) is 2.61. The lowest BCUT2D eigenvalue weighted by atomic mass is 10.1. The van der Waals surface area contributed by atoms with Gasteiger partial charge in [0.05, 0.1) is 11.3 Å². The second-order valence-corrected chi connectivity index (χ2v) is 7.39. The monoisotopic (exact) mass is 380 g/mol. The highest BCUT2D eigenvalue weighted by Crippen LogP contribution is 2.14. The maximum atomic E-state index is 12.9. The minimum Gasteiger partial charge on any atom is -0.385 e. The molecule has 8 heteroatoms. The van der Waals surface area contributed by atoms with Gasteiger partial charge in [0.2, 0.25) is 15.9 Å². The van der Waals surface area contributed by atoms with Crippen LogP contribution in [-0.4, -0.2) is 34.6 Å². The van der Waals surface area contributed by atoms with E-state index < -0.39 is 10.0 Å². The van der Waals surface area contributed by atoms with E-state index in [1.54, 1.807) is 19.2 Å². The van der Waals surface area contributed by atoms with E-state index in [9.17, 15) is 17.6 Å². The Labute approximate surface area is 152 Å². The van der Waals surface area contributed by atoms with Crippen LogP contribution < -0.4 is 10.0 Å².